The van der Waals surface area contributed by atoms with E-state index in [-0.39, 0.29) is 42.0 Å². The van der Waals surface area contributed by atoms with E-state index in [2.05, 4.69) is 31.1 Å². The van der Waals surface area contributed by atoms with E-state index in [1.54, 1.807) is 18.2 Å². The number of carbonyl (C=O) groups is 3. The Morgan fingerprint density at radius 1 is 1.23 bits per heavy atom. The molecule has 5 N–H and O–H groups in total. The second kappa shape index (κ2) is 11.5. The standard InChI is InChI=1S/C26H32N8O5/c1-26(2,38)25(37)28-10-11-34-30-14-20(33-34)16-6-5-7-18(22(16)39-4)31-19-12-21(32-23(35)15-8-9-15)29-13-17(19)24(36)27-3/h5-7,12-15,38H,8-11H2,1-4H3,(H,27,36)(H,28,37)(H2,29,31,32,35)/i3D3. The first-order valence-electron chi connectivity index (χ1n) is 13.7. The molecule has 0 atom stereocenters. The zero-order valence-electron chi connectivity index (χ0n) is 24.7. The number of rotatable bonds is 11. The van der Waals surface area contributed by atoms with Crippen LogP contribution in [0.4, 0.5) is 17.2 Å². The van der Waals surface area contributed by atoms with Gasteiger partial charge in [0.2, 0.25) is 5.91 Å². The molecule has 1 aromatic carbocycles. The first-order valence-corrected chi connectivity index (χ1v) is 12.2. The van der Waals surface area contributed by atoms with Crippen LogP contribution in [0.1, 0.15) is 41.2 Å². The van der Waals surface area contributed by atoms with Crippen molar-refractivity contribution in [1.29, 1.82) is 0 Å². The largest absolute Gasteiger partial charge is 0.494 e. The molecule has 0 bridgehead atoms. The molecule has 3 aromatic rings. The summed E-state index contributed by atoms with van der Waals surface area (Å²) in [5.41, 5.74) is 0.0304. The number of anilines is 3. The molecule has 0 aliphatic heterocycles. The van der Waals surface area contributed by atoms with Crippen molar-refractivity contribution in [3.63, 3.8) is 0 Å². The molecule has 2 aromatic heterocycles. The quantitative estimate of drug-likeness (QED) is 0.243. The van der Waals surface area contributed by atoms with Gasteiger partial charge in [0.05, 0.1) is 36.8 Å². The summed E-state index contributed by atoms with van der Waals surface area (Å²) < 4.78 is 27.9. The van der Waals surface area contributed by atoms with Crippen molar-refractivity contribution in [2.75, 3.05) is 31.3 Å². The summed E-state index contributed by atoms with van der Waals surface area (Å²) in [6.45, 7) is 0.488. The molecule has 0 unspecified atom stereocenters. The lowest BCUT2D eigenvalue weighted by atomic mass is 10.1. The smallest absolute Gasteiger partial charge is 0.254 e. The van der Waals surface area contributed by atoms with Gasteiger partial charge in [-0.2, -0.15) is 15.0 Å². The van der Waals surface area contributed by atoms with Crippen LogP contribution >= 0.6 is 0 Å². The second-order valence-electron chi connectivity index (χ2n) is 9.48. The predicted molar refractivity (Wildman–Crippen MR) is 144 cm³/mol. The minimum absolute atomic E-state index is 0.0675. The number of pyridine rings is 1. The maximum atomic E-state index is 12.8. The molecule has 13 nitrogen and oxygen atoms in total. The van der Waals surface area contributed by atoms with Crippen LogP contribution in [0.2, 0.25) is 0 Å². The molecule has 1 saturated carbocycles. The lowest BCUT2D eigenvalue weighted by Gasteiger charge is -2.17. The number of hydrogen-bond donors (Lipinski definition) is 5. The number of methoxy groups -OCH3 is 1. The van der Waals surface area contributed by atoms with E-state index in [1.807, 2.05) is 5.32 Å². The third-order valence-electron chi connectivity index (χ3n) is 5.92. The number of hydrogen-bond acceptors (Lipinski definition) is 9. The summed E-state index contributed by atoms with van der Waals surface area (Å²) >= 11 is 0. The molecule has 1 aliphatic carbocycles. The van der Waals surface area contributed by atoms with Crippen LogP contribution in [0.25, 0.3) is 11.3 Å². The van der Waals surface area contributed by atoms with E-state index < -0.39 is 24.4 Å². The Morgan fingerprint density at radius 3 is 2.72 bits per heavy atom. The summed E-state index contributed by atoms with van der Waals surface area (Å²) in [6, 6.07) is 6.61. The van der Waals surface area contributed by atoms with E-state index in [0.717, 1.165) is 12.8 Å². The van der Waals surface area contributed by atoms with E-state index in [1.165, 1.54) is 44.2 Å². The number of ether oxygens (including phenoxy) is 1. The summed E-state index contributed by atoms with van der Waals surface area (Å²) in [5.74, 6) is -1.13. The van der Waals surface area contributed by atoms with Gasteiger partial charge in [0, 0.05) is 41.4 Å². The first kappa shape index (κ1) is 23.6. The second-order valence-corrected chi connectivity index (χ2v) is 9.48. The maximum Gasteiger partial charge on any atom is 0.254 e. The molecule has 0 saturated heterocycles. The highest BCUT2D eigenvalue weighted by molar-refractivity contribution is 6.01. The average Bonchev–Trinajstić information content (AvgIpc) is 3.65. The fourth-order valence-electron chi connectivity index (χ4n) is 3.67. The average molecular weight is 540 g/mol. The Balaban J connectivity index is 1.60. The maximum absolute atomic E-state index is 12.8. The molecular formula is C26H32N8O5. The molecular weight excluding hydrogens is 504 g/mol. The molecule has 39 heavy (non-hydrogen) atoms. The van der Waals surface area contributed by atoms with E-state index in [4.69, 9.17) is 8.85 Å². The molecule has 0 radical (unpaired) electrons. The van der Waals surface area contributed by atoms with Gasteiger partial charge in [-0.1, -0.05) is 6.07 Å². The summed E-state index contributed by atoms with van der Waals surface area (Å²) in [7, 11) is 1.46. The van der Waals surface area contributed by atoms with Gasteiger partial charge in [-0.3, -0.25) is 14.4 Å². The fraction of sp³-hybridized carbons (Fsp3) is 0.385. The van der Waals surface area contributed by atoms with Crippen molar-refractivity contribution in [2.24, 2.45) is 5.92 Å². The van der Waals surface area contributed by atoms with Crippen molar-refractivity contribution >= 4 is 34.9 Å². The predicted octanol–water partition coefficient (Wildman–Crippen LogP) is 1.69. The molecule has 2 heterocycles. The normalized spacial score (nSPS) is 14.4. The van der Waals surface area contributed by atoms with Crippen LogP contribution in [0.15, 0.2) is 36.7 Å². The van der Waals surface area contributed by atoms with Crippen molar-refractivity contribution in [3.05, 3.63) is 42.2 Å². The Labute approximate surface area is 229 Å². The van der Waals surface area contributed by atoms with Gasteiger partial charge in [-0.05, 0) is 38.8 Å². The zero-order valence-corrected chi connectivity index (χ0v) is 21.7. The van der Waals surface area contributed by atoms with Gasteiger partial charge in [-0.15, -0.1) is 0 Å². The van der Waals surface area contributed by atoms with Gasteiger partial charge in [0.1, 0.15) is 17.1 Å². The first-order chi connectivity index (χ1) is 19.7. The summed E-state index contributed by atoms with van der Waals surface area (Å²) in [6.07, 6.45) is 4.29. The summed E-state index contributed by atoms with van der Waals surface area (Å²) in [4.78, 5) is 42.5. The van der Waals surface area contributed by atoms with Crippen LogP contribution in [0.3, 0.4) is 0 Å². The van der Waals surface area contributed by atoms with E-state index in [9.17, 15) is 19.5 Å². The van der Waals surface area contributed by atoms with Crippen molar-refractivity contribution in [3.8, 4) is 17.0 Å². The molecule has 1 fully saturated rings. The highest BCUT2D eigenvalue weighted by atomic mass is 16.5. The molecule has 206 valence electrons. The number of amides is 3. The number of aromatic nitrogens is 4. The number of carbonyl (C=O) groups excluding carboxylic acids is 3. The highest BCUT2D eigenvalue weighted by Gasteiger charge is 2.30. The number of nitrogens with zero attached hydrogens (tertiary/aromatic N) is 4. The lowest BCUT2D eigenvalue weighted by molar-refractivity contribution is -0.136. The van der Waals surface area contributed by atoms with Crippen LogP contribution < -0.4 is 26.0 Å². The van der Waals surface area contributed by atoms with Gasteiger partial charge in [-0.25, -0.2) is 4.98 Å². The van der Waals surface area contributed by atoms with E-state index in [0.29, 0.717) is 22.7 Å². The lowest BCUT2D eigenvalue weighted by Crippen LogP contribution is -2.43. The third-order valence-corrected chi connectivity index (χ3v) is 5.92. The van der Waals surface area contributed by atoms with E-state index >= 15 is 0 Å². The Morgan fingerprint density at radius 2 is 2.03 bits per heavy atom. The van der Waals surface area contributed by atoms with Crippen LogP contribution in [-0.4, -0.2) is 69.0 Å². The third kappa shape index (κ3) is 6.68. The Hall–Kier alpha value is -4.52. The molecule has 13 heteroatoms. The molecule has 1 aliphatic rings. The molecule has 3 amide bonds. The van der Waals surface area contributed by atoms with Gasteiger partial charge in [0.25, 0.3) is 11.8 Å². The highest BCUT2D eigenvalue weighted by Crippen LogP contribution is 2.38. The monoisotopic (exact) mass is 539 g/mol. The molecule has 0 spiro atoms. The summed E-state index contributed by atoms with van der Waals surface area (Å²) in [5, 5.41) is 28.8. The van der Waals surface area contributed by atoms with Gasteiger partial charge in [0.15, 0.2) is 5.75 Å². The van der Waals surface area contributed by atoms with Crippen molar-refractivity contribution < 1.29 is 28.3 Å². The number of para-hydroxylation sites is 1. The molecule has 4 rings (SSSR count). The van der Waals surface area contributed by atoms with Crippen LogP contribution in [0, 0.1) is 5.92 Å². The van der Waals surface area contributed by atoms with Crippen LogP contribution in [0.5, 0.6) is 5.75 Å². The van der Waals surface area contributed by atoms with Gasteiger partial charge >= 0.3 is 0 Å². The fourth-order valence-corrected chi connectivity index (χ4v) is 3.67. The number of nitrogens with one attached hydrogen (secondary N) is 4. The van der Waals surface area contributed by atoms with Crippen molar-refractivity contribution in [2.45, 2.75) is 38.8 Å². The number of aliphatic hydroxyl groups is 1. The van der Waals surface area contributed by atoms with Crippen molar-refractivity contribution in [1.82, 2.24) is 30.6 Å². The Bertz CT molecular complexity index is 1480. The minimum Gasteiger partial charge on any atom is -0.494 e. The van der Waals surface area contributed by atoms with Gasteiger partial charge < -0.3 is 31.1 Å². The Kier molecular flexibility index (Phi) is 6.94. The number of benzene rings is 1. The van der Waals surface area contributed by atoms with Crippen LogP contribution in [-0.2, 0) is 16.1 Å². The zero-order chi connectivity index (χ0) is 30.7. The SMILES string of the molecule is [2H]C([2H])([2H])NC(=O)c1cnc(NC(=O)C2CC2)cc1Nc1cccc(-c2cnn(CCNC(=O)C(C)(C)O)n2)c1OC. The topological polar surface area (TPSA) is 172 Å². The minimum atomic E-state index is -2.73.